The van der Waals surface area contributed by atoms with Gasteiger partial charge in [0.1, 0.15) is 11.6 Å². The minimum absolute atomic E-state index is 0.0535. The molecule has 0 bridgehead atoms. The van der Waals surface area contributed by atoms with Crippen LogP contribution in [0.3, 0.4) is 0 Å². The number of anilines is 1. The average Bonchev–Trinajstić information content (AvgIpc) is 3.05. The Balaban J connectivity index is 1.65. The second-order valence-electron chi connectivity index (χ2n) is 5.44. The number of ether oxygens (including phenoxy) is 1. The smallest absolute Gasteiger partial charge is 0.270 e. The Morgan fingerprint density at radius 3 is 2.64 bits per heavy atom. The van der Waals surface area contributed by atoms with E-state index in [-0.39, 0.29) is 11.8 Å². The number of nitrogens with zero attached hydrogens (tertiary/aromatic N) is 2. The fourth-order valence-electron chi connectivity index (χ4n) is 2.18. The number of carbonyl (C=O) groups is 1. The van der Waals surface area contributed by atoms with Crippen LogP contribution in [-0.2, 0) is 4.79 Å². The van der Waals surface area contributed by atoms with Gasteiger partial charge in [-0.2, -0.15) is 4.98 Å². The van der Waals surface area contributed by atoms with E-state index in [0.717, 1.165) is 11.1 Å². The number of benzene rings is 2. The second kappa shape index (κ2) is 7.12. The molecule has 3 aromatic rings. The van der Waals surface area contributed by atoms with Crippen molar-refractivity contribution >= 4 is 11.9 Å². The summed E-state index contributed by atoms with van der Waals surface area (Å²) in [4.78, 5) is 16.3. The predicted molar refractivity (Wildman–Crippen MR) is 89.6 cm³/mol. The van der Waals surface area contributed by atoms with Crippen LogP contribution in [0.15, 0.2) is 53.1 Å². The first-order valence-corrected chi connectivity index (χ1v) is 7.66. The Morgan fingerprint density at radius 1 is 1.20 bits per heavy atom. The van der Waals surface area contributed by atoms with Gasteiger partial charge in [-0.1, -0.05) is 18.2 Å². The number of hydrogen-bond acceptors (Lipinski definition) is 5. The van der Waals surface area contributed by atoms with E-state index in [1.54, 1.807) is 6.92 Å². The summed E-state index contributed by atoms with van der Waals surface area (Å²) in [6.07, 6.45) is -0.814. The van der Waals surface area contributed by atoms with Gasteiger partial charge in [-0.15, -0.1) is 0 Å². The molecule has 0 unspecified atom stereocenters. The standard InChI is InChI=1S/C18H16FN3O3/c1-11-5-3-4-6-15(11)17-21-18(22-25-17)20-16(23)12(2)24-14-9-7-13(19)8-10-14/h3-10,12H,1-2H3,(H,20,22,23)/t12-/m1/s1. The van der Waals surface area contributed by atoms with Crippen LogP contribution in [0.1, 0.15) is 12.5 Å². The van der Waals surface area contributed by atoms with E-state index in [2.05, 4.69) is 15.5 Å². The molecule has 1 heterocycles. The van der Waals surface area contributed by atoms with E-state index >= 15 is 0 Å². The molecule has 1 amide bonds. The van der Waals surface area contributed by atoms with Gasteiger partial charge in [0.15, 0.2) is 6.10 Å². The van der Waals surface area contributed by atoms with Crippen LogP contribution >= 0.6 is 0 Å². The predicted octanol–water partition coefficient (Wildman–Crippen LogP) is 3.59. The fraction of sp³-hybridized carbons (Fsp3) is 0.167. The van der Waals surface area contributed by atoms with Gasteiger partial charge >= 0.3 is 0 Å². The molecule has 2 aromatic carbocycles. The Morgan fingerprint density at radius 2 is 1.92 bits per heavy atom. The second-order valence-corrected chi connectivity index (χ2v) is 5.44. The zero-order valence-corrected chi connectivity index (χ0v) is 13.7. The van der Waals surface area contributed by atoms with Gasteiger partial charge in [0.2, 0.25) is 0 Å². The topological polar surface area (TPSA) is 77.2 Å². The van der Waals surface area contributed by atoms with Crippen LogP contribution in [0.4, 0.5) is 10.3 Å². The Hall–Kier alpha value is -3.22. The summed E-state index contributed by atoms with van der Waals surface area (Å²) in [6.45, 7) is 3.50. The molecule has 1 atom stereocenters. The zero-order valence-electron chi connectivity index (χ0n) is 13.7. The molecule has 0 saturated carbocycles. The molecule has 1 N–H and O–H groups in total. The minimum atomic E-state index is -0.814. The molecule has 0 spiro atoms. The number of amides is 1. The number of carbonyl (C=O) groups excluding carboxylic acids is 1. The summed E-state index contributed by atoms with van der Waals surface area (Å²) in [5, 5.41) is 6.28. The van der Waals surface area contributed by atoms with Gasteiger partial charge in [-0.3, -0.25) is 10.1 Å². The first-order valence-electron chi connectivity index (χ1n) is 7.66. The van der Waals surface area contributed by atoms with Gasteiger partial charge in [0, 0.05) is 5.56 Å². The lowest BCUT2D eigenvalue weighted by Crippen LogP contribution is -2.30. The van der Waals surface area contributed by atoms with Gasteiger partial charge in [0.25, 0.3) is 17.7 Å². The quantitative estimate of drug-likeness (QED) is 0.767. The zero-order chi connectivity index (χ0) is 17.8. The van der Waals surface area contributed by atoms with E-state index < -0.39 is 12.0 Å². The molecule has 3 rings (SSSR count). The van der Waals surface area contributed by atoms with Crippen molar-refractivity contribution in [1.29, 1.82) is 0 Å². The molecular weight excluding hydrogens is 325 g/mol. The molecule has 0 radical (unpaired) electrons. The largest absolute Gasteiger partial charge is 0.481 e. The normalized spacial score (nSPS) is 11.8. The molecule has 0 aliphatic carbocycles. The summed E-state index contributed by atoms with van der Waals surface area (Å²) in [6, 6.07) is 13.0. The van der Waals surface area contributed by atoms with Crippen LogP contribution in [0.25, 0.3) is 11.5 Å². The molecular formula is C18H16FN3O3. The Kier molecular flexibility index (Phi) is 4.74. The highest BCUT2D eigenvalue weighted by Crippen LogP contribution is 2.22. The summed E-state index contributed by atoms with van der Waals surface area (Å²) >= 11 is 0. The first kappa shape index (κ1) is 16.6. The summed E-state index contributed by atoms with van der Waals surface area (Å²) < 4.78 is 23.5. The van der Waals surface area contributed by atoms with Crippen LogP contribution < -0.4 is 10.1 Å². The molecule has 128 valence electrons. The Labute approximate surface area is 143 Å². The van der Waals surface area contributed by atoms with Crippen molar-refractivity contribution in [3.63, 3.8) is 0 Å². The average molecular weight is 341 g/mol. The third-order valence-electron chi connectivity index (χ3n) is 3.53. The lowest BCUT2D eigenvalue weighted by molar-refractivity contribution is -0.122. The number of rotatable bonds is 5. The van der Waals surface area contributed by atoms with Crippen LogP contribution in [0.2, 0.25) is 0 Å². The summed E-state index contributed by atoms with van der Waals surface area (Å²) in [5.41, 5.74) is 1.78. The molecule has 25 heavy (non-hydrogen) atoms. The molecule has 0 fully saturated rings. The van der Waals surface area contributed by atoms with Crippen molar-refractivity contribution in [3.8, 4) is 17.2 Å². The molecule has 0 saturated heterocycles. The van der Waals surface area contributed by atoms with E-state index in [9.17, 15) is 9.18 Å². The van der Waals surface area contributed by atoms with Crippen molar-refractivity contribution in [2.45, 2.75) is 20.0 Å². The summed E-state index contributed by atoms with van der Waals surface area (Å²) in [7, 11) is 0. The number of hydrogen-bond donors (Lipinski definition) is 1. The van der Waals surface area contributed by atoms with Gasteiger partial charge in [-0.05, 0) is 54.9 Å². The maximum Gasteiger partial charge on any atom is 0.270 e. The highest BCUT2D eigenvalue weighted by atomic mass is 19.1. The van der Waals surface area contributed by atoms with Crippen LogP contribution in [0.5, 0.6) is 5.75 Å². The van der Waals surface area contributed by atoms with Gasteiger partial charge < -0.3 is 9.26 Å². The molecule has 0 aliphatic heterocycles. The minimum Gasteiger partial charge on any atom is -0.481 e. The molecule has 0 aliphatic rings. The van der Waals surface area contributed by atoms with Crippen molar-refractivity contribution in [2.24, 2.45) is 0 Å². The van der Waals surface area contributed by atoms with Gasteiger partial charge in [0.05, 0.1) is 0 Å². The number of nitrogens with one attached hydrogen (secondary N) is 1. The molecule has 6 nitrogen and oxygen atoms in total. The maximum absolute atomic E-state index is 12.9. The highest BCUT2D eigenvalue weighted by molar-refractivity contribution is 5.92. The lowest BCUT2D eigenvalue weighted by atomic mass is 10.1. The van der Waals surface area contributed by atoms with Crippen molar-refractivity contribution in [2.75, 3.05) is 5.32 Å². The van der Waals surface area contributed by atoms with E-state index in [4.69, 9.17) is 9.26 Å². The molecule has 1 aromatic heterocycles. The SMILES string of the molecule is Cc1ccccc1-c1nc(NC(=O)[C@@H](C)Oc2ccc(F)cc2)no1. The third kappa shape index (κ3) is 4.00. The van der Waals surface area contributed by atoms with Crippen molar-refractivity contribution in [3.05, 3.63) is 59.9 Å². The van der Waals surface area contributed by atoms with Crippen molar-refractivity contribution < 1.29 is 18.4 Å². The lowest BCUT2D eigenvalue weighted by Gasteiger charge is -2.13. The first-order chi connectivity index (χ1) is 12.0. The summed E-state index contributed by atoms with van der Waals surface area (Å²) in [5.74, 6) is -0.0579. The number of halogens is 1. The van der Waals surface area contributed by atoms with Gasteiger partial charge in [-0.25, -0.2) is 4.39 Å². The number of aryl methyl sites for hydroxylation is 1. The maximum atomic E-state index is 12.9. The van der Waals surface area contributed by atoms with Crippen molar-refractivity contribution in [1.82, 2.24) is 10.1 Å². The van der Waals surface area contributed by atoms with Crippen LogP contribution in [0, 0.1) is 12.7 Å². The van der Waals surface area contributed by atoms with E-state index in [1.165, 1.54) is 24.3 Å². The Bertz CT molecular complexity index is 877. The highest BCUT2D eigenvalue weighted by Gasteiger charge is 2.18. The molecule has 7 heteroatoms. The third-order valence-corrected chi connectivity index (χ3v) is 3.53. The van der Waals surface area contributed by atoms with E-state index in [0.29, 0.717) is 11.6 Å². The van der Waals surface area contributed by atoms with Crippen LogP contribution in [-0.4, -0.2) is 22.2 Å². The monoisotopic (exact) mass is 341 g/mol. The fourth-order valence-corrected chi connectivity index (χ4v) is 2.18. The number of aromatic nitrogens is 2. The van der Waals surface area contributed by atoms with E-state index in [1.807, 2.05) is 31.2 Å².